The third kappa shape index (κ3) is 4.14. The normalized spacial score (nSPS) is 10.7. The Hall–Kier alpha value is -3.58. The second kappa shape index (κ2) is 7.81. The largest absolute Gasteiger partial charge is 0.419 e. The molecule has 8 heteroatoms. The Kier molecular flexibility index (Phi) is 5.05. The predicted octanol–water partition coefficient (Wildman–Crippen LogP) is 6.05. The molecule has 0 aliphatic rings. The third-order valence-corrected chi connectivity index (χ3v) is 4.29. The minimum Gasteiger partial charge on any atom is -0.411 e. The summed E-state index contributed by atoms with van der Waals surface area (Å²) < 4.78 is 30.1. The zero-order valence-corrected chi connectivity index (χ0v) is 15.9. The van der Waals surface area contributed by atoms with Crippen molar-refractivity contribution in [1.82, 2.24) is 4.98 Å². The van der Waals surface area contributed by atoms with Gasteiger partial charge in [0.1, 0.15) is 22.8 Å². The Bertz CT molecular complexity index is 1180. The van der Waals surface area contributed by atoms with Gasteiger partial charge in [-0.05, 0) is 48.5 Å². The van der Waals surface area contributed by atoms with Crippen molar-refractivity contribution in [2.24, 2.45) is 0 Å². The van der Waals surface area contributed by atoms with Crippen LogP contribution in [0.2, 0.25) is 5.02 Å². The van der Waals surface area contributed by atoms with E-state index in [-0.39, 0.29) is 17.5 Å². The average Bonchev–Trinajstić information content (AvgIpc) is 3.10. The van der Waals surface area contributed by atoms with E-state index < -0.39 is 11.9 Å². The lowest BCUT2D eigenvalue weighted by Gasteiger charge is -2.17. The molecule has 29 heavy (non-hydrogen) atoms. The van der Waals surface area contributed by atoms with E-state index in [4.69, 9.17) is 25.5 Å². The molecule has 4 aromatic rings. The zero-order valence-electron chi connectivity index (χ0n) is 15.1. The molecule has 1 aromatic heterocycles. The van der Waals surface area contributed by atoms with Crippen LogP contribution in [0.4, 0.5) is 14.9 Å². The number of aromatic nitrogens is 1. The number of carbonyl (C=O) groups excluding carboxylic acids is 1. The summed E-state index contributed by atoms with van der Waals surface area (Å²) in [5.41, 5.74) is 1.24. The maximum absolute atomic E-state index is 13.8. The van der Waals surface area contributed by atoms with Gasteiger partial charge in [-0.1, -0.05) is 23.7 Å². The van der Waals surface area contributed by atoms with Gasteiger partial charge >= 0.3 is 12.2 Å². The van der Waals surface area contributed by atoms with Crippen molar-refractivity contribution in [3.63, 3.8) is 0 Å². The van der Waals surface area contributed by atoms with E-state index in [1.165, 1.54) is 19.2 Å². The molecule has 4 rings (SSSR count). The second-order valence-corrected chi connectivity index (χ2v) is 6.48. The van der Waals surface area contributed by atoms with Crippen LogP contribution in [-0.4, -0.2) is 18.1 Å². The van der Waals surface area contributed by atoms with Gasteiger partial charge in [0.25, 0.3) is 0 Å². The summed E-state index contributed by atoms with van der Waals surface area (Å²) in [7, 11) is 1.43. The highest BCUT2D eigenvalue weighted by Crippen LogP contribution is 2.28. The van der Waals surface area contributed by atoms with Crippen molar-refractivity contribution >= 4 is 34.5 Å². The Balaban J connectivity index is 1.43. The van der Waals surface area contributed by atoms with Gasteiger partial charge in [-0.15, -0.1) is 0 Å². The molecule has 0 bridgehead atoms. The van der Waals surface area contributed by atoms with Gasteiger partial charge in [0.2, 0.25) is 0 Å². The number of oxazole rings is 1. The Morgan fingerprint density at radius 1 is 1.07 bits per heavy atom. The van der Waals surface area contributed by atoms with Gasteiger partial charge < -0.3 is 13.9 Å². The number of hydrogen-bond donors (Lipinski definition) is 0. The smallest absolute Gasteiger partial charge is 0.411 e. The molecule has 6 nitrogen and oxygen atoms in total. The number of benzene rings is 3. The van der Waals surface area contributed by atoms with Crippen molar-refractivity contribution in [3.8, 4) is 17.6 Å². The van der Waals surface area contributed by atoms with Crippen LogP contribution in [0.15, 0.2) is 71.1 Å². The molecule has 3 aromatic carbocycles. The number of hydrogen-bond acceptors (Lipinski definition) is 5. The fraction of sp³-hybridized carbons (Fsp3) is 0.0476. The molecule has 0 aliphatic carbocycles. The fourth-order valence-electron chi connectivity index (χ4n) is 2.59. The lowest BCUT2D eigenvalue weighted by atomic mass is 10.3. The molecule has 1 amide bonds. The number of fused-ring (bicyclic) bond motifs is 1. The molecule has 0 atom stereocenters. The topological polar surface area (TPSA) is 64.8 Å². The highest BCUT2D eigenvalue weighted by molar-refractivity contribution is 6.31. The summed E-state index contributed by atoms with van der Waals surface area (Å²) in [5.74, 6) is 0.190. The summed E-state index contributed by atoms with van der Waals surface area (Å²) in [6.07, 6.45) is -0.661. The minimum absolute atomic E-state index is 0.0614. The van der Waals surface area contributed by atoms with Gasteiger partial charge in [-0.3, -0.25) is 4.90 Å². The standard InChI is InChI=1S/C21H14ClFN2O4/c1-25(18-5-3-2-4-16(18)23)21(26)28-15-9-7-14(8-10-15)27-20-24-17-11-6-13(22)12-19(17)29-20/h2-12H,1H3. The van der Waals surface area contributed by atoms with Gasteiger partial charge in [-0.2, -0.15) is 4.98 Å². The van der Waals surface area contributed by atoms with Gasteiger partial charge in [0.05, 0.1) is 5.69 Å². The van der Waals surface area contributed by atoms with Crippen LogP contribution >= 0.6 is 11.6 Å². The average molecular weight is 413 g/mol. The van der Waals surface area contributed by atoms with Gasteiger partial charge in [0.15, 0.2) is 5.58 Å². The van der Waals surface area contributed by atoms with E-state index in [9.17, 15) is 9.18 Å². The Labute approximate surface area is 170 Å². The molecule has 0 spiro atoms. The summed E-state index contributed by atoms with van der Waals surface area (Å²) in [6, 6.07) is 17.3. The van der Waals surface area contributed by atoms with Crippen LogP contribution in [0, 0.1) is 5.82 Å². The van der Waals surface area contributed by atoms with Crippen molar-refractivity contribution in [2.75, 3.05) is 11.9 Å². The Morgan fingerprint density at radius 3 is 2.55 bits per heavy atom. The SMILES string of the molecule is CN(C(=O)Oc1ccc(Oc2nc3ccc(Cl)cc3o2)cc1)c1ccccc1F. The zero-order chi connectivity index (χ0) is 20.4. The third-order valence-electron chi connectivity index (χ3n) is 4.05. The first-order valence-corrected chi connectivity index (χ1v) is 8.91. The summed E-state index contributed by atoms with van der Waals surface area (Å²) in [5, 5.41) is 0.534. The lowest BCUT2D eigenvalue weighted by Crippen LogP contribution is -2.30. The molecule has 0 fully saturated rings. The number of para-hydroxylation sites is 1. The molecule has 1 heterocycles. The highest BCUT2D eigenvalue weighted by atomic mass is 35.5. The van der Waals surface area contributed by atoms with E-state index in [2.05, 4.69) is 4.98 Å². The maximum Gasteiger partial charge on any atom is 0.419 e. The first-order valence-electron chi connectivity index (χ1n) is 8.54. The quantitative estimate of drug-likeness (QED) is 0.408. The molecule has 0 saturated heterocycles. The van der Waals surface area contributed by atoms with Crippen LogP contribution in [0.5, 0.6) is 17.6 Å². The molecular weight excluding hydrogens is 399 g/mol. The number of anilines is 1. The van der Waals surface area contributed by atoms with Gasteiger partial charge in [-0.25, -0.2) is 9.18 Å². The number of halogens is 2. The monoisotopic (exact) mass is 412 g/mol. The van der Waals surface area contributed by atoms with E-state index >= 15 is 0 Å². The molecule has 0 radical (unpaired) electrons. The number of ether oxygens (including phenoxy) is 2. The van der Waals surface area contributed by atoms with Crippen LogP contribution in [0.3, 0.4) is 0 Å². The van der Waals surface area contributed by atoms with Crippen LogP contribution in [0.1, 0.15) is 0 Å². The van der Waals surface area contributed by atoms with E-state index in [0.717, 1.165) is 4.90 Å². The molecule has 146 valence electrons. The van der Waals surface area contributed by atoms with Crippen molar-refractivity contribution in [1.29, 1.82) is 0 Å². The fourth-order valence-corrected chi connectivity index (χ4v) is 2.75. The van der Waals surface area contributed by atoms with E-state index in [1.807, 2.05) is 0 Å². The first-order chi connectivity index (χ1) is 14.0. The summed E-state index contributed by atoms with van der Waals surface area (Å²) in [4.78, 5) is 17.5. The first kappa shape index (κ1) is 18.8. The second-order valence-electron chi connectivity index (χ2n) is 6.04. The Morgan fingerprint density at radius 2 is 1.79 bits per heavy atom. The molecule has 0 aliphatic heterocycles. The van der Waals surface area contributed by atoms with E-state index in [0.29, 0.717) is 21.9 Å². The number of carbonyl (C=O) groups is 1. The van der Waals surface area contributed by atoms with Gasteiger partial charge in [0, 0.05) is 18.1 Å². The van der Waals surface area contributed by atoms with Crippen molar-refractivity contribution in [2.45, 2.75) is 0 Å². The number of rotatable bonds is 4. The van der Waals surface area contributed by atoms with Crippen LogP contribution in [0.25, 0.3) is 11.1 Å². The van der Waals surface area contributed by atoms with Crippen molar-refractivity contribution < 1.29 is 23.1 Å². The molecule has 0 saturated carbocycles. The van der Waals surface area contributed by atoms with E-state index in [1.54, 1.807) is 54.6 Å². The van der Waals surface area contributed by atoms with Crippen LogP contribution in [-0.2, 0) is 0 Å². The maximum atomic E-state index is 13.8. The lowest BCUT2D eigenvalue weighted by molar-refractivity contribution is 0.208. The van der Waals surface area contributed by atoms with Crippen molar-refractivity contribution in [3.05, 3.63) is 77.6 Å². The molecular formula is C21H14ClFN2O4. The van der Waals surface area contributed by atoms with Crippen LogP contribution < -0.4 is 14.4 Å². The number of amides is 1. The summed E-state index contributed by atoms with van der Waals surface area (Å²) >= 11 is 5.92. The summed E-state index contributed by atoms with van der Waals surface area (Å²) in [6.45, 7) is 0. The molecule has 0 N–H and O–H groups in total. The minimum atomic E-state index is -0.723. The predicted molar refractivity (Wildman–Crippen MR) is 106 cm³/mol. The number of nitrogens with zero attached hydrogens (tertiary/aromatic N) is 2. The molecule has 0 unspecified atom stereocenters. The highest BCUT2D eigenvalue weighted by Gasteiger charge is 2.16.